The summed E-state index contributed by atoms with van der Waals surface area (Å²) in [4.78, 5) is 31.6. The largest absolute Gasteiger partial charge is 0.497 e. The number of methoxy groups -OCH3 is 2. The maximum atomic E-state index is 13.9. The van der Waals surface area contributed by atoms with Crippen molar-refractivity contribution < 1.29 is 14.3 Å². The van der Waals surface area contributed by atoms with Gasteiger partial charge in [-0.3, -0.25) is 9.36 Å². The zero-order chi connectivity index (χ0) is 25.5. The lowest BCUT2D eigenvalue weighted by Crippen LogP contribution is -2.38. The van der Waals surface area contributed by atoms with Gasteiger partial charge in [-0.1, -0.05) is 59.9 Å². The van der Waals surface area contributed by atoms with E-state index in [0.29, 0.717) is 14.9 Å². The molecule has 2 heterocycles. The van der Waals surface area contributed by atoms with Gasteiger partial charge in [0.25, 0.3) is 5.56 Å². The molecule has 0 fully saturated rings. The summed E-state index contributed by atoms with van der Waals surface area (Å²) in [6, 6.07) is 23.0. The average Bonchev–Trinajstić information content (AvgIpc) is 3.25. The lowest BCUT2D eigenvalue weighted by molar-refractivity contribution is 0.0600. The molecule has 2 aliphatic rings. The number of allylic oxidation sites excluding steroid dienone is 1. The van der Waals surface area contributed by atoms with E-state index in [1.165, 1.54) is 24.0 Å². The number of nitrogens with zero attached hydrogens (tertiary/aromatic N) is 2. The zero-order valence-electron chi connectivity index (χ0n) is 20.4. The molecule has 0 saturated carbocycles. The SMILES string of the molecule is COC(=O)c1ccc(C2C3=C(N=c4sc(=Cc5cccc(OC)c5)c(=O)n42)c2ccccc2CC3)cc1. The summed E-state index contributed by atoms with van der Waals surface area (Å²) in [6.07, 6.45) is 3.58. The molecule has 0 spiro atoms. The van der Waals surface area contributed by atoms with E-state index < -0.39 is 0 Å². The normalized spacial score (nSPS) is 16.4. The molecule has 37 heavy (non-hydrogen) atoms. The highest BCUT2D eigenvalue weighted by Gasteiger charge is 2.32. The molecular formula is C30H24N2O4S. The van der Waals surface area contributed by atoms with Crippen molar-refractivity contribution >= 4 is 29.1 Å². The maximum absolute atomic E-state index is 13.9. The van der Waals surface area contributed by atoms with Crippen molar-refractivity contribution in [1.29, 1.82) is 0 Å². The number of hydrogen-bond donors (Lipinski definition) is 0. The fraction of sp³-hybridized carbons (Fsp3) is 0.167. The molecule has 3 aromatic carbocycles. The molecule has 1 unspecified atom stereocenters. The summed E-state index contributed by atoms with van der Waals surface area (Å²) < 4.78 is 12.6. The highest BCUT2D eigenvalue weighted by atomic mass is 32.1. The van der Waals surface area contributed by atoms with E-state index in [4.69, 9.17) is 14.5 Å². The monoisotopic (exact) mass is 508 g/mol. The first kappa shape index (κ1) is 23.2. The van der Waals surface area contributed by atoms with Crippen LogP contribution >= 0.6 is 11.3 Å². The molecule has 0 radical (unpaired) electrons. The number of fused-ring (bicyclic) bond motifs is 3. The summed E-state index contributed by atoms with van der Waals surface area (Å²) in [5.41, 5.74) is 6.65. The number of benzene rings is 3. The Labute approximate surface area is 217 Å². The zero-order valence-corrected chi connectivity index (χ0v) is 21.2. The van der Waals surface area contributed by atoms with Crippen LogP contribution in [-0.2, 0) is 11.2 Å². The second kappa shape index (κ2) is 9.33. The third-order valence-electron chi connectivity index (χ3n) is 6.91. The number of aryl methyl sites for hydroxylation is 1. The molecular weight excluding hydrogens is 484 g/mol. The van der Waals surface area contributed by atoms with Crippen molar-refractivity contribution in [3.8, 4) is 5.75 Å². The second-order valence-corrected chi connectivity index (χ2v) is 10.0. The fourth-order valence-corrected chi connectivity index (χ4v) is 6.13. The molecule has 184 valence electrons. The Morgan fingerprint density at radius 3 is 2.62 bits per heavy atom. The molecule has 0 saturated heterocycles. The Bertz CT molecular complexity index is 1750. The summed E-state index contributed by atoms with van der Waals surface area (Å²) in [5, 5.41) is 0. The van der Waals surface area contributed by atoms with E-state index >= 15 is 0 Å². The van der Waals surface area contributed by atoms with Crippen molar-refractivity contribution in [2.75, 3.05) is 14.2 Å². The quantitative estimate of drug-likeness (QED) is 0.389. The average molecular weight is 509 g/mol. The van der Waals surface area contributed by atoms with Gasteiger partial charge in [-0.05, 0) is 65.4 Å². The van der Waals surface area contributed by atoms with Gasteiger partial charge in [0.05, 0.1) is 36.1 Å². The number of ether oxygens (including phenoxy) is 2. The molecule has 4 aromatic rings. The Kier molecular flexibility index (Phi) is 5.85. The third kappa shape index (κ3) is 4.01. The van der Waals surface area contributed by atoms with Crippen LogP contribution in [0.4, 0.5) is 0 Å². The number of rotatable bonds is 4. The second-order valence-electron chi connectivity index (χ2n) is 9.00. The maximum Gasteiger partial charge on any atom is 0.337 e. The molecule has 1 aromatic heterocycles. The molecule has 6 rings (SSSR count). The number of hydrogen-bond acceptors (Lipinski definition) is 6. The van der Waals surface area contributed by atoms with Gasteiger partial charge >= 0.3 is 5.97 Å². The Hall–Kier alpha value is -4.23. The van der Waals surface area contributed by atoms with Gasteiger partial charge in [-0.15, -0.1) is 0 Å². The van der Waals surface area contributed by atoms with E-state index in [-0.39, 0.29) is 17.6 Å². The Morgan fingerprint density at radius 1 is 1.03 bits per heavy atom. The first-order chi connectivity index (χ1) is 18.1. The van der Waals surface area contributed by atoms with Gasteiger partial charge in [-0.25, -0.2) is 9.79 Å². The van der Waals surface area contributed by atoms with Crippen LogP contribution in [0.2, 0.25) is 0 Å². The summed E-state index contributed by atoms with van der Waals surface area (Å²) in [7, 11) is 2.99. The fourth-order valence-electron chi connectivity index (χ4n) is 5.12. The minimum absolute atomic E-state index is 0.0842. The van der Waals surface area contributed by atoms with Crippen LogP contribution in [0.3, 0.4) is 0 Å². The number of esters is 1. The lowest BCUT2D eigenvalue weighted by atomic mass is 9.83. The summed E-state index contributed by atoms with van der Waals surface area (Å²) in [5.74, 6) is 0.345. The number of carbonyl (C=O) groups is 1. The smallest absolute Gasteiger partial charge is 0.337 e. The van der Waals surface area contributed by atoms with Gasteiger partial charge in [-0.2, -0.15) is 0 Å². The van der Waals surface area contributed by atoms with Crippen molar-refractivity contribution in [2.45, 2.75) is 18.9 Å². The topological polar surface area (TPSA) is 69.9 Å². The van der Waals surface area contributed by atoms with Gasteiger partial charge in [0.1, 0.15) is 5.75 Å². The molecule has 1 atom stereocenters. The standard InChI is InChI=1S/C30H24N2O4S/c1-35-22-8-5-6-18(16-22)17-25-28(33)32-27(20-10-12-21(13-11-20)29(34)36-2)24-15-14-19-7-3-4-9-23(19)26(24)31-30(32)37-25/h3-13,16-17,27H,14-15H2,1-2H3. The molecule has 6 nitrogen and oxygen atoms in total. The predicted molar refractivity (Wildman–Crippen MR) is 144 cm³/mol. The number of carbonyl (C=O) groups excluding carboxylic acids is 1. The van der Waals surface area contributed by atoms with Crippen LogP contribution < -0.4 is 19.6 Å². The van der Waals surface area contributed by atoms with Crippen LogP contribution in [0, 0.1) is 0 Å². The van der Waals surface area contributed by atoms with Crippen molar-refractivity contribution in [3.05, 3.63) is 126 Å². The highest BCUT2D eigenvalue weighted by Crippen LogP contribution is 2.41. The van der Waals surface area contributed by atoms with E-state index in [2.05, 4.69) is 18.2 Å². The summed E-state index contributed by atoms with van der Waals surface area (Å²) in [6.45, 7) is 0. The van der Waals surface area contributed by atoms with Crippen LogP contribution in [-0.4, -0.2) is 24.8 Å². The molecule has 1 aliphatic heterocycles. The van der Waals surface area contributed by atoms with E-state index in [1.54, 1.807) is 23.8 Å². The van der Waals surface area contributed by atoms with Crippen molar-refractivity contribution in [2.24, 2.45) is 4.99 Å². The highest BCUT2D eigenvalue weighted by molar-refractivity contribution is 7.07. The van der Waals surface area contributed by atoms with Crippen LogP contribution in [0.15, 0.2) is 88.2 Å². The van der Waals surface area contributed by atoms with Crippen LogP contribution in [0.5, 0.6) is 5.75 Å². The van der Waals surface area contributed by atoms with Crippen LogP contribution in [0.1, 0.15) is 45.1 Å². The minimum atomic E-state index is -0.389. The molecule has 1 aliphatic carbocycles. The first-order valence-electron chi connectivity index (χ1n) is 12.0. The molecule has 0 N–H and O–H groups in total. The summed E-state index contributed by atoms with van der Waals surface area (Å²) >= 11 is 1.39. The van der Waals surface area contributed by atoms with Gasteiger partial charge in [0.15, 0.2) is 4.80 Å². The number of aromatic nitrogens is 1. The Morgan fingerprint density at radius 2 is 1.84 bits per heavy atom. The molecule has 0 bridgehead atoms. The minimum Gasteiger partial charge on any atom is -0.497 e. The molecule has 0 amide bonds. The van der Waals surface area contributed by atoms with Crippen molar-refractivity contribution in [3.63, 3.8) is 0 Å². The third-order valence-corrected chi connectivity index (χ3v) is 7.89. The van der Waals surface area contributed by atoms with Crippen LogP contribution in [0.25, 0.3) is 11.8 Å². The lowest BCUT2D eigenvalue weighted by Gasteiger charge is -2.30. The first-order valence-corrected chi connectivity index (χ1v) is 12.8. The van der Waals surface area contributed by atoms with Crippen molar-refractivity contribution in [1.82, 2.24) is 4.57 Å². The van der Waals surface area contributed by atoms with Gasteiger partial charge < -0.3 is 9.47 Å². The Balaban J connectivity index is 1.57. The van der Waals surface area contributed by atoms with E-state index in [0.717, 1.165) is 46.6 Å². The van der Waals surface area contributed by atoms with Gasteiger partial charge in [0.2, 0.25) is 0 Å². The number of thiazole rings is 1. The van der Waals surface area contributed by atoms with E-state index in [9.17, 15) is 9.59 Å². The van der Waals surface area contributed by atoms with E-state index in [1.807, 2.05) is 48.5 Å². The van der Waals surface area contributed by atoms with Gasteiger partial charge in [0, 0.05) is 5.56 Å². The predicted octanol–water partition coefficient (Wildman–Crippen LogP) is 4.11. The molecule has 7 heteroatoms.